The van der Waals surface area contributed by atoms with Gasteiger partial charge >= 0.3 is 11.9 Å². The Morgan fingerprint density at radius 3 is 2.33 bits per heavy atom. The first-order valence-corrected chi connectivity index (χ1v) is 7.01. The van der Waals surface area contributed by atoms with E-state index in [2.05, 4.69) is 22.7 Å². The second-order valence-corrected chi connectivity index (χ2v) is 4.03. The maximum Gasteiger partial charge on any atom is 0.349 e. The molecule has 1 aromatic carbocycles. The summed E-state index contributed by atoms with van der Waals surface area (Å²) in [6.07, 6.45) is 0. The van der Waals surface area contributed by atoms with Crippen LogP contribution in [0.5, 0.6) is 5.75 Å². The van der Waals surface area contributed by atoms with E-state index in [1.54, 1.807) is 0 Å². The second kappa shape index (κ2) is 9.82. The van der Waals surface area contributed by atoms with Crippen molar-refractivity contribution in [3.05, 3.63) is 29.8 Å². The van der Waals surface area contributed by atoms with Crippen molar-refractivity contribution in [2.45, 2.75) is 26.8 Å². The molecule has 0 saturated heterocycles. The predicted octanol–water partition coefficient (Wildman–Crippen LogP) is 1.54. The standard InChI is InChI=1S/C12H13NO5S.C2H6/c1-7(14)13-9(6-19)12(17)18-11(16)8-4-2-3-5-10(8)15;1-2/h2-5,9,15,19H,6H2,1H3,(H,13,14);1-2H3. The van der Waals surface area contributed by atoms with Gasteiger partial charge in [0.25, 0.3) is 0 Å². The first-order valence-electron chi connectivity index (χ1n) is 6.37. The van der Waals surface area contributed by atoms with Gasteiger partial charge in [-0.1, -0.05) is 26.0 Å². The molecule has 1 atom stereocenters. The number of hydrogen-bond donors (Lipinski definition) is 3. The molecule has 0 saturated carbocycles. The van der Waals surface area contributed by atoms with E-state index < -0.39 is 23.9 Å². The fourth-order valence-corrected chi connectivity index (χ4v) is 1.53. The van der Waals surface area contributed by atoms with E-state index in [4.69, 9.17) is 0 Å². The van der Waals surface area contributed by atoms with E-state index >= 15 is 0 Å². The summed E-state index contributed by atoms with van der Waals surface area (Å²) in [6.45, 7) is 5.23. The molecule has 0 aliphatic heterocycles. The quantitative estimate of drug-likeness (QED) is 0.445. The number of benzene rings is 1. The molecule has 1 aromatic rings. The lowest BCUT2D eigenvalue weighted by molar-refractivity contribution is -0.141. The van der Waals surface area contributed by atoms with Crippen LogP contribution in [0.15, 0.2) is 24.3 Å². The van der Waals surface area contributed by atoms with Crippen molar-refractivity contribution >= 4 is 30.5 Å². The number of amides is 1. The molecule has 1 unspecified atom stereocenters. The molecular weight excluding hydrogens is 294 g/mol. The molecule has 21 heavy (non-hydrogen) atoms. The molecule has 0 radical (unpaired) electrons. The summed E-state index contributed by atoms with van der Waals surface area (Å²) in [7, 11) is 0. The van der Waals surface area contributed by atoms with Crippen molar-refractivity contribution in [3.8, 4) is 5.75 Å². The first kappa shape index (κ1) is 19.0. The summed E-state index contributed by atoms with van der Waals surface area (Å²) >= 11 is 3.88. The zero-order valence-corrected chi connectivity index (χ0v) is 13.0. The topological polar surface area (TPSA) is 92.7 Å². The minimum absolute atomic E-state index is 0.00748. The maximum atomic E-state index is 11.6. The molecule has 0 bridgehead atoms. The Hall–Kier alpha value is -2.02. The fraction of sp³-hybridized carbons (Fsp3) is 0.357. The number of ether oxygens (including phenoxy) is 1. The summed E-state index contributed by atoms with van der Waals surface area (Å²) in [6, 6.07) is 4.65. The Labute approximate surface area is 128 Å². The van der Waals surface area contributed by atoms with Crippen LogP contribution >= 0.6 is 12.6 Å². The zero-order chi connectivity index (χ0) is 16.4. The highest BCUT2D eigenvalue weighted by molar-refractivity contribution is 7.80. The first-order chi connectivity index (χ1) is 9.95. The fourth-order valence-electron chi connectivity index (χ4n) is 1.29. The van der Waals surface area contributed by atoms with Crippen molar-refractivity contribution in [2.24, 2.45) is 0 Å². The summed E-state index contributed by atoms with van der Waals surface area (Å²) in [5.41, 5.74) is -0.128. The van der Waals surface area contributed by atoms with Crippen LogP contribution in [-0.2, 0) is 14.3 Å². The monoisotopic (exact) mass is 313 g/mol. The van der Waals surface area contributed by atoms with Crippen LogP contribution in [0.3, 0.4) is 0 Å². The van der Waals surface area contributed by atoms with E-state index in [0.29, 0.717) is 0 Å². The summed E-state index contributed by atoms with van der Waals surface area (Å²) < 4.78 is 4.57. The van der Waals surface area contributed by atoms with Gasteiger partial charge in [0.05, 0.1) is 0 Å². The molecule has 0 aliphatic carbocycles. The molecule has 1 rings (SSSR count). The second-order valence-electron chi connectivity index (χ2n) is 3.66. The number of phenols is 1. The average molecular weight is 313 g/mol. The smallest absolute Gasteiger partial charge is 0.349 e. The lowest BCUT2D eigenvalue weighted by Gasteiger charge is -2.13. The van der Waals surface area contributed by atoms with Gasteiger partial charge in [-0.2, -0.15) is 12.6 Å². The summed E-state index contributed by atoms with van der Waals surface area (Å²) in [5.74, 6) is -2.65. The van der Waals surface area contributed by atoms with Gasteiger partial charge in [-0.05, 0) is 12.1 Å². The number of aromatic hydroxyl groups is 1. The van der Waals surface area contributed by atoms with E-state index in [0.717, 1.165) is 0 Å². The van der Waals surface area contributed by atoms with Crippen LogP contribution in [0.1, 0.15) is 31.1 Å². The van der Waals surface area contributed by atoms with Gasteiger partial charge in [-0.3, -0.25) is 4.79 Å². The third kappa shape index (κ3) is 6.31. The Morgan fingerprint density at radius 2 is 1.86 bits per heavy atom. The van der Waals surface area contributed by atoms with Gasteiger partial charge in [0.15, 0.2) is 0 Å². The number of thiol groups is 1. The molecule has 0 fully saturated rings. The molecule has 0 aliphatic rings. The van der Waals surface area contributed by atoms with Gasteiger partial charge in [0, 0.05) is 12.7 Å². The number of carbonyl (C=O) groups is 3. The summed E-state index contributed by atoms with van der Waals surface area (Å²) in [4.78, 5) is 34.1. The highest BCUT2D eigenvalue weighted by atomic mass is 32.1. The number of esters is 2. The molecule has 6 nitrogen and oxygen atoms in total. The Balaban J connectivity index is 0.00000191. The highest BCUT2D eigenvalue weighted by Gasteiger charge is 2.24. The van der Waals surface area contributed by atoms with Crippen LogP contribution in [-0.4, -0.2) is 34.7 Å². The van der Waals surface area contributed by atoms with E-state index in [9.17, 15) is 19.5 Å². The van der Waals surface area contributed by atoms with Gasteiger partial charge in [-0.25, -0.2) is 9.59 Å². The Bertz CT molecular complexity index is 504. The van der Waals surface area contributed by atoms with E-state index in [-0.39, 0.29) is 17.1 Å². The SMILES string of the molecule is CC.CC(=O)NC(CS)C(=O)OC(=O)c1ccccc1O. The number of hydrogen-bond acceptors (Lipinski definition) is 6. The van der Waals surface area contributed by atoms with Gasteiger partial charge in [0.1, 0.15) is 17.4 Å². The molecule has 0 spiro atoms. The van der Waals surface area contributed by atoms with Crippen molar-refractivity contribution < 1.29 is 24.2 Å². The lowest BCUT2D eigenvalue weighted by Crippen LogP contribution is -2.42. The zero-order valence-electron chi connectivity index (χ0n) is 12.1. The Morgan fingerprint density at radius 1 is 1.29 bits per heavy atom. The van der Waals surface area contributed by atoms with Crippen molar-refractivity contribution in [3.63, 3.8) is 0 Å². The van der Waals surface area contributed by atoms with Crippen molar-refractivity contribution in [1.29, 1.82) is 0 Å². The molecule has 0 aromatic heterocycles. The van der Waals surface area contributed by atoms with Crippen molar-refractivity contribution in [2.75, 3.05) is 5.75 Å². The average Bonchev–Trinajstić information content (AvgIpc) is 2.46. The van der Waals surface area contributed by atoms with Crippen LogP contribution in [0, 0.1) is 0 Å². The van der Waals surface area contributed by atoms with Crippen LogP contribution in [0.2, 0.25) is 0 Å². The minimum atomic E-state index is -1.02. The summed E-state index contributed by atoms with van der Waals surface area (Å²) in [5, 5.41) is 11.7. The van der Waals surface area contributed by atoms with Crippen LogP contribution in [0.25, 0.3) is 0 Å². The predicted molar refractivity (Wildman–Crippen MR) is 81.3 cm³/mol. The van der Waals surface area contributed by atoms with E-state index in [1.165, 1.54) is 31.2 Å². The van der Waals surface area contributed by atoms with Gasteiger partial charge < -0.3 is 15.2 Å². The number of nitrogens with one attached hydrogen (secondary N) is 1. The maximum absolute atomic E-state index is 11.6. The largest absolute Gasteiger partial charge is 0.507 e. The molecule has 116 valence electrons. The molecule has 1 amide bonds. The molecule has 2 N–H and O–H groups in total. The number of para-hydroxylation sites is 1. The van der Waals surface area contributed by atoms with Crippen molar-refractivity contribution in [1.82, 2.24) is 5.32 Å². The van der Waals surface area contributed by atoms with Gasteiger partial charge in [-0.15, -0.1) is 0 Å². The third-order valence-electron chi connectivity index (χ3n) is 2.16. The normalized spacial score (nSPS) is 10.7. The number of carbonyl (C=O) groups excluding carboxylic acids is 3. The van der Waals surface area contributed by atoms with Gasteiger partial charge in [0.2, 0.25) is 5.91 Å². The third-order valence-corrected chi connectivity index (χ3v) is 2.53. The van der Waals surface area contributed by atoms with Crippen LogP contribution in [0.4, 0.5) is 0 Å². The highest BCUT2D eigenvalue weighted by Crippen LogP contribution is 2.16. The number of rotatable bonds is 4. The minimum Gasteiger partial charge on any atom is -0.507 e. The molecule has 7 heteroatoms. The Kier molecular flexibility index (Phi) is 8.87. The molecule has 0 heterocycles. The van der Waals surface area contributed by atoms with Crippen LogP contribution < -0.4 is 5.32 Å². The van der Waals surface area contributed by atoms with E-state index in [1.807, 2.05) is 13.8 Å². The number of phenolic OH excluding ortho intramolecular Hbond substituents is 1. The lowest BCUT2D eigenvalue weighted by atomic mass is 10.2. The molecular formula is C14H19NO5S.